The number of hydrogen-bond donors (Lipinski definition) is 9. The standard InChI is InChI=1S/C25H48N18O2/c1-7-24(5,8-2)16(44)29-14-12-11-13-15-30-23(45)40-38-21-33-20(36-37-21)31-17(26)34-35-19(28)43-18(27)32-22(41-43)39-42-25(6,9-3)10-4/h7-15H2,1-6H3,(H2,28,35)(H,29,44)(H2,27,32,41)(H2,30,40,45)(H5,26,31,33,34,36,37,38). The van der Waals surface area contributed by atoms with Gasteiger partial charge in [0.2, 0.25) is 29.7 Å². The van der Waals surface area contributed by atoms with Crippen molar-refractivity contribution in [3.05, 3.63) is 0 Å². The Kier molecular flexibility index (Phi) is 13.9. The first-order valence-corrected chi connectivity index (χ1v) is 15.0. The zero-order valence-corrected chi connectivity index (χ0v) is 26.9. The number of carbonyl (C=O) groups excluding carboxylic acids is 2. The van der Waals surface area contributed by atoms with Crippen molar-refractivity contribution in [1.82, 2.24) is 51.4 Å². The number of nitrogens with zero attached hydrogens (tertiary/aromatic N) is 9. The van der Waals surface area contributed by atoms with Crippen molar-refractivity contribution in [1.29, 1.82) is 0 Å². The number of rotatable bonds is 17. The Hall–Kier alpha value is -5.04. The van der Waals surface area contributed by atoms with Crippen LogP contribution in [0.1, 0.15) is 86.5 Å². The van der Waals surface area contributed by atoms with E-state index in [-0.39, 0.29) is 52.6 Å². The number of aromatic amines is 1. The lowest BCUT2D eigenvalue weighted by Crippen LogP contribution is -2.40. The molecule has 12 N–H and O–H groups in total. The first-order chi connectivity index (χ1) is 21.4. The van der Waals surface area contributed by atoms with Gasteiger partial charge in [-0.05, 0) is 51.9 Å². The van der Waals surface area contributed by atoms with Crippen molar-refractivity contribution in [2.75, 3.05) is 24.2 Å². The van der Waals surface area contributed by atoms with Gasteiger partial charge in [0.1, 0.15) is 0 Å². The topological polar surface area (TPSA) is 294 Å². The van der Waals surface area contributed by atoms with Crippen LogP contribution in [0.2, 0.25) is 0 Å². The minimum absolute atomic E-state index is 0.0348. The fourth-order valence-electron chi connectivity index (χ4n) is 3.51. The molecule has 3 amide bonds. The van der Waals surface area contributed by atoms with Crippen LogP contribution in [0.5, 0.6) is 0 Å². The smallest absolute Gasteiger partial charge is 0.333 e. The van der Waals surface area contributed by atoms with Crippen molar-refractivity contribution >= 4 is 47.7 Å². The van der Waals surface area contributed by atoms with Crippen LogP contribution in [-0.2, 0) is 4.79 Å². The molecule has 0 spiro atoms. The van der Waals surface area contributed by atoms with Gasteiger partial charge in [0.05, 0.1) is 5.54 Å². The van der Waals surface area contributed by atoms with Crippen LogP contribution in [-0.4, -0.2) is 72.4 Å². The second kappa shape index (κ2) is 17.3. The Labute approximate surface area is 262 Å². The quantitative estimate of drug-likeness (QED) is 0.0397. The molecule has 0 saturated heterocycles. The van der Waals surface area contributed by atoms with Gasteiger partial charge in [-0.1, -0.05) is 34.6 Å². The van der Waals surface area contributed by atoms with E-state index in [1.165, 1.54) is 0 Å². The predicted octanol–water partition coefficient (Wildman–Crippen LogP) is 1.69. The summed E-state index contributed by atoms with van der Waals surface area (Å²) >= 11 is 0. The normalized spacial score (nSPS) is 12.8. The molecule has 0 unspecified atom stereocenters. The summed E-state index contributed by atoms with van der Waals surface area (Å²) in [6.07, 6.45) is 5.64. The number of nitrogen functional groups attached to an aromatic ring is 1. The van der Waals surface area contributed by atoms with E-state index in [2.05, 4.69) is 72.5 Å². The molecule has 0 bridgehead atoms. The molecule has 0 aromatic carbocycles. The third kappa shape index (κ3) is 11.5. The van der Waals surface area contributed by atoms with Crippen LogP contribution in [0.25, 0.3) is 0 Å². The summed E-state index contributed by atoms with van der Waals surface area (Å²) in [5.74, 6) is -0.248. The zero-order valence-electron chi connectivity index (χ0n) is 26.9. The molecule has 0 aliphatic carbocycles. The molecule has 250 valence electrons. The van der Waals surface area contributed by atoms with Crippen molar-refractivity contribution < 1.29 is 9.59 Å². The lowest BCUT2D eigenvalue weighted by atomic mass is 9.84. The van der Waals surface area contributed by atoms with Crippen LogP contribution in [0.4, 0.5) is 28.6 Å². The monoisotopic (exact) mass is 632 g/mol. The number of carbonyl (C=O) groups is 2. The van der Waals surface area contributed by atoms with Gasteiger partial charge in [0.15, 0.2) is 0 Å². The number of aliphatic imine (C=N–C) groups is 1. The average molecular weight is 633 g/mol. The maximum atomic E-state index is 12.3. The van der Waals surface area contributed by atoms with Crippen molar-refractivity contribution in [2.45, 2.75) is 92.0 Å². The lowest BCUT2D eigenvalue weighted by molar-refractivity contribution is -0.130. The minimum Gasteiger partial charge on any atom is -0.368 e. The van der Waals surface area contributed by atoms with Gasteiger partial charge in [0.25, 0.3) is 11.9 Å². The van der Waals surface area contributed by atoms with Crippen molar-refractivity contribution in [3.63, 3.8) is 0 Å². The number of aromatic nitrogens is 6. The molecule has 2 heterocycles. The Morgan fingerprint density at radius 1 is 0.933 bits per heavy atom. The maximum Gasteiger partial charge on any atom is 0.333 e. The molecule has 2 rings (SSSR count). The molecule has 0 radical (unpaired) electrons. The van der Waals surface area contributed by atoms with E-state index >= 15 is 0 Å². The van der Waals surface area contributed by atoms with Crippen molar-refractivity contribution in [3.8, 4) is 0 Å². The first kappa shape index (κ1) is 36.2. The van der Waals surface area contributed by atoms with E-state index in [0.717, 1.165) is 49.6 Å². The molecule has 0 aliphatic heterocycles. The fourth-order valence-corrected chi connectivity index (χ4v) is 3.51. The van der Waals surface area contributed by atoms with E-state index < -0.39 is 6.03 Å². The lowest BCUT2D eigenvalue weighted by Gasteiger charge is -2.25. The molecule has 2 aromatic rings. The Bertz CT molecular complexity index is 1320. The number of hydrazone groups is 1. The molecule has 2 aromatic heterocycles. The van der Waals surface area contributed by atoms with E-state index in [0.29, 0.717) is 13.1 Å². The number of hydrazine groups is 1. The number of guanidine groups is 1. The van der Waals surface area contributed by atoms with E-state index in [1.807, 2.05) is 41.5 Å². The largest absolute Gasteiger partial charge is 0.368 e. The van der Waals surface area contributed by atoms with Crippen molar-refractivity contribution in [2.24, 2.45) is 37.2 Å². The van der Waals surface area contributed by atoms with Crippen LogP contribution < -0.4 is 44.1 Å². The van der Waals surface area contributed by atoms with Crippen LogP contribution >= 0.6 is 0 Å². The van der Waals surface area contributed by atoms with Gasteiger partial charge in [-0.25, -0.2) is 20.7 Å². The number of anilines is 2. The summed E-state index contributed by atoms with van der Waals surface area (Å²) in [5.41, 5.74) is 24.4. The summed E-state index contributed by atoms with van der Waals surface area (Å²) in [6.45, 7) is 13.1. The first-order valence-electron chi connectivity index (χ1n) is 15.0. The predicted molar refractivity (Wildman–Crippen MR) is 171 cm³/mol. The van der Waals surface area contributed by atoms with Crippen LogP contribution in [0.3, 0.4) is 0 Å². The molecule has 45 heavy (non-hydrogen) atoms. The summed E-state index contributed by atoms with van der Waals surface area (Å²) in [4.78, 5) is 36.3. The Morgan fingerprint density at radius 2 is 1.60 bits per heavy atom. The average Bonchev–Trinajstić information content (AvgIpc) is 3.65. The SMILES string of the molecule is CCC(C)(CC)N=Nc1nc(N)n(C(N)=NNC(N)=Nc2n[nH]c(NNC(=O)NCCCCCNC(=O)C(C)(CC)CC)n2)n1. The number of hydrogen-bond acceptors (Lipinski definition) is 12. The highest BCUT2D eigenvalue weighted by atomic mass is 16.2. The molecule has 0 fully saturated rings. The fraction of sp³-hybridized carbons (Fsp3) is 0.680. The minimum atomic E-state index is -0.459. The van der Waals surface area contributed by atoms with E-state index in [9.17, 15) is 9.59 Å². The highest BCUT2D eigenvalue weighted by Crippen LogP contribution is 2.25. The Balaban J connectivity index is 1.74. The van der Waals surface area contributed by atoms with E-state index in [1.54, 1.807) is 0 Å². The third-order valence-electron chi connectivity index (χ3n) is 7.55. The number of urea groups is 1. The number of nitrogens with one attached hydrogen (secondary N) is 6. The third-order valence-corrected chi connectivity index (χ3v) is 7.55. The number of nitrogens with two attached hydrogens (primary N) is 3. The van der Waals surface area contributed by atoms with Gasteiger partial charge < -0.3 is 27.8 Å². The number of azo groups is 1. The van der Waals surface area contributed by atoms with Gasteiger partial charge in [-0.3, -0.25) is 10.2 Å². The molecule has 0 saturated carbocycles. The number of amides is 3. The molecule has 20 nitrogen and oxygen atoms in total. The van der Waals surface area contributed by atoms with Gasteiger partial charge in [-0.15, -0.1) is 20.4 Å². The van der Waals surface area contributed by atoms with Gasteiger partial charge in [-0.2, -0.15) is 24.8 Å². The molecule has 0 aliphatic rings. The highest BCUT2D eigenvalue weighted by molar-refractivity contribution is 5.85. The van der Waals surface area contributed by atoms with Gasteiger partial charge in [0, 0.05) is 18.5 Å². The highest BCUT2D eigenvalue weighted by Gasteiger charge is 2.28. The summed E-state index contributed by atoms with van der Waals surface area (Å²) in [7, 11) is 0. The molecule has 0 atom stereocenters. The molecule has 20 heteroatoms. The van der Waals surface area contributed by atoms with Crippen LogP contribution in [0, 0.1) is 5.41 Å². The van der Waals surface area contributed by atoms with Gasteiger partial charge >= 0.3 is 6.03 Å². The summed E-state index contributed by atoms with van der Waals surface area (Å²) in [6, 6.07) is -0.459. The summed E-state index contributed by atoms with van der Waals surface area (Å²) < 4.78 is 1.06. The molecular formula is C25H48N18O2. The number of H-pyrrole nitrogens is 1. The molecular weight excluding hydrogens is 584 g/mol. The maximum absolute atomic E-state index is 12.3. The van der Waals surface area contributed by atoms with Crippen LogP contribution in [0.15, 0.2) is 20.3 Å². The zero-order chi connectivity index (χ0) is 33.5. The second-order valence-electron chi connectivity index (χ2n) is 10.7. The Morgan fingerprint density at radius 3 is 2.24 bits per heavy atom. The summed E-state index contributed by atoms with van der Waals surface area (Å²) in [5, 5.41) is 28.5. The van der Waals surface area contributed by atoms with E-state index in [4.69, 9.17) is 17.2 Å². The number of unbranched alkanes of at least 4 members (excludes halogenated alkanes) is 2. The second-order valence-corrected chi connectivity index (χ2v) is 10.7.